The van der Waals surface area contributed by atoms with Crippen LogP contribution in [0.1, 0.15) is 17.8 Å². The van der Waals surface area contributed by atoms with Crippen LogP contribution in [0, 0.1) is 18.8 Å². The molecule has 2 atom stereocenters. The number of benzene rings is 1. The molecule has 0 aliphatic carbocycles. The van der Waals surface area contributed by atoms with Crippen LogP contribution in [0.2, 0.25) is 0 Å². The van der Waals surface area contributed by atoms with Crippen LogP contribution in [0.5, 0.6) is 0 Å². The van der Waals surface area contributed by atoms with Crippen molar-refractivity contribution in [1.29, 1.82) is 0 Å². The van der Waals surface area contributed by atoms with Gasteiger partial charge < -0.3 is 16.0 Å². The molecule has 4 rings (SSSR count). The van der Waals surface area contributed by atoms with E-state index in [0.29, 0.717) is 24.2 Å². The van der Waals surface area contributed by atoms with E-state index in [1.165, 1.54) is 0 Å². The molecule has 2 aromatic rings. The fourth-order valence-corrected chi connectivity index (χ4v) is 4.03. The summed E-state index contributed by atoms with van der Waals surface area (Å²) in [6, 6.07) is 7.99. The van der Waals surface area contributed by atoms with Gasteiger partial charge in [0.1, 0.15) is 5.82 Å². The number of carbonyl (C=O) groups is 1. The van der Waals surface area contributed by atoms with Crippen molar-refractivity contribution >= 4 is 23.5 Å². The molecule has 0 radical (unpaired) electrons. The summed E-state index contributed by atoms with van der Waals surface area (Å²) in [4.78, 5) is 29.5. The van der Waals surface area contributed by atoms with Gasteiger partial charge in [0.2, 0.25) is 17.8 Å². The third-order valence-electron chi connectivity index (χ3n) is 5.38. The molecule has 2 fully saturated rings. The summed E-state index contributed by atoms with van der Waals surface area (Å²) in [7, 11) is 1.89. The summed E-state index contributed by atoms with van der Waals surface area (Å²) in [6.45, 7) is 5.09. The van der Waals surface area contributed by atoms with Gasteiger partial charge in [-0.2, -0.15) is 15.0 Å². The second-order valence-corrected chi connectivity index (χ2v) is 7.54. The molecule has 27 heavy (non-hydrogen) atoms. The molecule has 8 heteroatoms. The second-order valence-electron chi connectivity index (χ2n) is 7.54. The summed E-state index contributed by atoms with van der Waals surface area (Å²) in [5, 5.41) is 3.19. The van der Waals surface area contributed by atoms with E-state index in [2.05, 4.69) is 25.2 Å². The van der Waals surface area contributed by atoms with E-state index < -0.39 is 0 Å². The SMILES string of the molecule is Cc1cccc(Nc2nc(N)nc(CN3C[C@H]4CCN(C)C(=O)[C@H]4C3)n2)c1. The van der Waals surface area contributed by atoms with Crippen molar-refractivity contribution in [2.24, 2.45) is 11.8 Å². The van der Waals surface area contributed by atoms with Gasteiger partial charge >= 0.3 is 0 Å². The molecule has 2 aliphatic rings. The van der Waals surface area contributed by atoms with Gasteiger partial charge in [-0.05, 0) is 37.0 Å². The van der Waals surface area contributed by atoms with Crippen molar-refractivity contribution in [3.63, 3.8) is 0 Å². The molecule has 8 nitrogen and oxygen atoms in total. The number of aryl methyl sites for hydroxylation is 1. The number of fused-ring (bicyclic) bond motifs is 1. The number of aromatic nitrogens is 3. The van der Waals surface area contributed by atoms with Gasteiger partial charge in [-0.25, -0.2) is 0 Å². The zero-order valence-electron chi connectivity index (χ0n) is 15.7. The fourth-order valence-electron chi connectivity index (χ4n) is 4.03. The maximum Gasteiger partial charge on any atom is 0.232 e. The number of rotatable bonds is 4. The van der Waals surface area contributed by atoms with Crippen molar-refractivity contribution in [3.8, 4) is 0 Å². The van der Waals surface area contributed by atoms with E-state index in [0.717, 1.165) is 37.3 Å². The molecule has 2 saturated heterocycles. The number of likely N-dealkylation sites (tertiary alicyclic amines) is 2. The molecule has 1 amide bonds. The van der Waals surface area contributed by atoms with Gasteiger partial charge in [0.05, 0.1) is 12.5 Å². The Morgan fingerprint density at radius 2 is 2.11 bits per heavy atom. The highest BCUT2D eigenvalue weighted by Gasteiger charge is 2.41. The van der Waals surface area contributed by atoms with Crippen LogP contribution < -0.4 is 11.1 Å². The summed E-state index contributed by atoms with van der Waals surface area (Å²) >= 11 is 0. The maximum absolute atomic E-state index is 12.4. The number of nitrogens with one attached hydrogen (secondary N) is 1. The van der Waals surface area contributed by atoms with Gasteiger partial charge in [0.15, 0.2) is 0 Å². The number of nitrogens with zero attached hydrogens (tertiary/aromatic N) is 5. The van der Waals surface area contributed by atoms with Crippen LogP contribution >= 0.6 is 0 Å². The number of piperidine rings is 1. The molecule has 142 valence electrons. The second kappa shape index (κ2) is 7.11. The zero-order chi connectivity index (χ0) is 19.0. The first-order chi connectivity index (χ1) is 13.0. The highest BCUT2D eigenvalue weighted by atomic mass is 16.2. The van der Waals surface area contributed by atoms with Crippen molar-refractivity contribution in [2.45, 2.75) is 19.9 Å². The van der Waals surface area contributed by atoms with Gasteiger partial charge in [-0.15, -0.1) is 0 Å². The Morgan fingerprint density at radius 1 is 1.26 bits per heavy atom. The first-order valence-corrected chi connectivity index (χ1v) is 9.29. The maximum atomic E-state index is 12.4. The Kier molecular flexibility index (Phi) is 4.65. The highest BCUT2D eigenvalue weighted by Crippen LogP contribution is 2.32. The molecular weight excluding hydrogens is 342 g/mol. The average Bonchev–Trinajstić information content (AvgIpc) is 3.01. The number of hydrogen-bond donors (Lipinski definition) is 2. The molecule has 0 saturated carbocycles. The highest BCUT2D eigenvalue weighted by molar-refractivity contribution is 5.80. The minimum atomic E-state index is 0.0906. The lowest BCUT2D eigenvalue weighted by molar-refractivity contribution is -0.137. The van der Waals surface area contributed by atoms with E-state index >= 15 is 0 Å². The summed E-state index contributed by atoms with van der Waals surface area (Å²) in [5.41, 5.74) is 7.95. The number of hydrogen-bond acceptors (Lipinski definition) is 7. The van der Waals surface area contributed by atoms with E-state index in [-0.39, 0.29) is 17.8 Å². The molecule has 0 bridgehead atoms. The third-order valence-corrected chi connectivity index (χ3v) is 5.38. The van der Waals surface area contributed by atoms with E-state index in [1.807, 2.05) is 43.1 Å². The fraction of sp³-hybridized carbons (Fsp3) is 0.474. The smallest absolute Gasteiger partial charge is 0.232 e. The summed E-state index contributed by atoms with van der Waals surface area (Å²) in [5.74, 6) is 2.03. The Labute approximate surface area is 158 Å². The molecule has 0 spiro atoms. The van der Waals surface area contributed by atoms with Crippen molar-refractivity contribution < 1.29 is 4.79 Å². The quantitative estimate of drug-likeness (QED) is 0.843. The largest absolute Gasteiger partial charge is 0.368 e. The minimum absolute atomic E-state index is 0.0906. The van der Waals surface area contributed by atoms with Gasteiger partial charge in [0.25, 0.3) is 0 Å². The Hall–Kier alpha value is -2.74. The first-order valence-electron chi connectivity index (χ1n) is 9.29. The zero-order valence-corrected chi connectivity index (χ0v) is 15.7. The lowest BCUT2D eigenvalue weighted by Gasteiger charge is -2.30. The minimum Gasteiger partial charge on any atom is -0.368 e. The normalized spacial score (nSPS) is 22.7. The Bertz CT molecular complexity index is 856. The number of amides is 1. The molecule has 3 heterocycles. The number of nitrogens with two attached hydrogens (primary N) is 1. The predicted molar refractivity (Wildman–Crippen MR) is 103 cm³/mol. The molecule has 3 N–H and O–H groups in total. The van der Waals surface area contributed by atoms with E-state index in [4.69, 9.17) is 5.73 Å². The van der Waals surface area contributed by atoms with Gasteiger partial charge in [-0.3, -0.25) is 9.69 Å². The topological polar surface area (TPSA) is 100 Å². The summed E-state index contributed by atoms with van der Waals surface area (Å²) in [6.07, 6.45) is 1.06. The van der Waals surface area contributed by atoms with Crippen LogP contribution in [0.4, 0.5) is 17.6 Å². The van der Waals surface area contributed by atoms with E-state index in [1.54, 1.807) is 0 Å². The number of nitrogen functional groups attached to an aromatic ring is 1. The van der Waals surface area contributed by atoms with Crippen molar-refractivity contribution in [2.75, 3.05) is 37.7 Å². The predicted octanol–water partition coefficient (Wildman–Crippen LogP) is 1.42. The number of carbonyl (C=O) groups excluding carboxylic acids is 1. The number of anilines is 3. The van der Waals surface area contributed by atoms with Crippen LogP contribution in [0.3, 0.4) is 0 Å². The van der Waals surface area contributed by atoms with Crippen LogP contribution in [-0.4, -0.2) is 57.3 Å². The average molecular weight is 367 g/mol. The molecule has 1 aromatic heterocycles. The molecule has 2 aliphatic heterocycles. The van der Waals surface area contributed by atoms with Gasteiger partial charge in [0, 0.05) is 32.4 Å². The lowest BCUT2D eigenvalue weighted by atomic mass is 9.88. The molecule has 1 aromatic carbocycles. The van der Waals surface area contributed by atoms with Crippen molar-refractivity contribution in [1.82, 2.24) is 24.8 Å². The van der Waals surface area contributed by atoms with Gasteiger partial charge in [-0.1, -0.05) is 12.1 Å². The Balaban J connectivity index is 1.47. The molecule has 0 unspecified atom stereocenters. The van der Waals surface area contributed by atoms with E-state index in [9.17, 15) is 4.79 Å². The standard InChI is InChI=1S/C19H25N7O/c1-12-4-3-5-14(8-12)21-19-23-16(22-18(20)24-19)11-26-9-13-6-7-25(2)17(27)15(13)10-26/h3-5,8,13,15H,6-7,9-11H2,1-2H3,(H3,20,21,22,23,24)/t13-,15+/m1/s1. The molecular formula is C19H25N7O. The van der Waals surface area contributed by atoms with Crippen LogP contribution in [-0.2, 0) is 11.3 Å². The van der Waals surface area contributed by atoms with Crippen molar-refractivity contribution in [3.05, 3.63) is 35.7 Å². The first kappa shape index (κ1) is 17.7. The Morgan fingerprint density at radius 3 is 2.93 bits per heavy atom. The monoisotopic (exact) mass is 367 g/mol. The third kappa shape index (κ3) is 3.85. The summed E-state index contributed by atoms with van der Waals surface area (Å²) < 4.78 is 0. The van der Waals surface area contributed by atoms with Crippen LogP contribution in [0.15, 0.2) is 24.3 Å². The van der Waals surface area contributed by atoms with Crippen LogP contribution in [0.25, 0.3) is 0 Å². The lowest BCUT2D eigenvalue weighted by Crippen LogP contribution is -2.42.